The van der Waals surface area contributed by atoms with E-state index in [0.717, 1.165) is 40.5 Å². The molecule has 7 rings (SSSR count). The molecule has 14 heteroatoms. The molecule has 1 heterocycles. The van der Waals surface area contributed by atoms with E-state index in [9.17, 15) is 22.8 Å². The van der Waals surface area contributed by atoms with E-state index in [1.54, 1.807) is 0 Å². The van der Waals surface area contributed by atoms with Crippen molar-refractivity contribution in [2.75, 3.05) is 59.9 Å². The molecule has 0 spiro atoms. The van der Waals surface area contributed by atoms with Gasteiger partial charge in [-0.25, -0.2) is 4.85 Å². The minimum atomic E-state index is -4.75. The molecule has 5 aliphatic rings. The summed E-state index contributed by atoms with van der Waals surface area (Å²) in [5.74, 6) is 1.69. The van der Waals surface area contributed by atoms with Crippen molar-refractivity contribution in [2.45, 2.75) is 50.3 Å². The number of hydrogen-bond donors (Lipinski definition) is 0. The van der Waals surface area contributed by atoms with Crippen LogP contribution in [0, 0.1) is 24.3 Å². The Morgan fingerprint density at radius 1 is 0.863 bits per heavy atom. The van der Waals surface area contributed by atoms with Gasteiger partial charge in [-0.3, -0.25) is 14.5 Å². The summed E-state index contributed by atoms with van der Waals surface area (Å²) in [6.45, 7) is 9.92. The van der Waals surface area contributed by atoms with E-state index in [0.29, 0.717) is 51.3 Å². The maximum absolute atomic E-state index is 13.6. The lowest BCUT2D eigenvalue weighted by molar-refractivity contribution is -0.169. The highest BCUT2D eigenvalue weighted by molar-refractivity contribution is 8.18. The summed E-state index contributed by atoms with van der Waals surface area (Å²) in [5.41, 5.74) is -0.708. The van der Waals surface area contributed by atoms with Gasteiger partial charge in [0.1, 0.15) is 5.75 Å². The molecule has 51 heavy (non-hydrogen) atoms. The molecule has 0 N–H and O–H groups in total. The third kappa shape index (κ3) is 9.25. The van der Waals surface area contributed by atoms with Crippen LogP contribution in [0.25, 0.3) is 10.9 Å². The molecule has 2 aromatic rings. The lowest BCUT2D eigenvalue weighted by Crippen LogP contribution is -2.52. The molecule has 4 saturated carbocycles. The zero-order valence-electron chi connectivity index (χ0n) is 28.4. The Kier molecular flexibility index (Phi) is 11.9. The zero-order valence-corrected chi connectivity index (χ0v) is 29.2. The van der Waals surface area contributed by atoms with Crippen LogP contribution >= 0.6 is 11.8 Å². The van der Waals surface area contributed by atoms with Gasteiger partial charge in [0, 0.05) is 0 Å². The second kappa shape index (κ2) is 16.4. The normalized spacial score (nSPS) is 24.8. The first kappa shape index (κ1) is 37.2. The maximum Gasteiger partial charge on any atom is 0.418 e. The number of rotatable bonds is 17. The molecule has 0 atom stereocenters. The van der Waals surface area contributed by atoms with Crippen molar-refractivity contribution in [3.63, 3.8) is 0 Å². The van der Waals surface area contributed by atoms with Gasteiger partial charge in [0.25, 0.3) is 11.1 Å². The molecule has 1 saturated heterocycles. The number of benzene rings is 2. The van der Waals surface area contributed by atoms with Crippen molar-refractivity contribution in [1.29, 1.82) is 0 Å². The molecule has 5 fully saturated rings. The average molecular weight is 731 g/mol. The summed E-state index contributed by atoms with van der Waals surface area (Å²) >= 11 is 0.776. The highest BCUT2D eigenvalue weighted by Crippen LogP contribution is 2.57. The zero-order chi connectivity index (χ0) is 36.0. The Labute approximate surface area is 299 Å². The molecule has 4 bridgehead atoms. The molecule has 0 aromatic heterocycles. The molecular formula is C37H41F3N2O8S. The molecule has 1 aliphatic heterocycles. The fraction of sp³-hybridized carbons (Fsp3) is 0.541. The van der Waals surface area contributed by atoms with Crippen LogP contribution in [0.2, 0.25) is 0 Å². The minimum absolute atomic E-state index is 0.00510. The molecular weight excluding hydrogens is 689 g/mol. The molecule has 0 unspecified atom stereocenters. The first-order chi connectivity index (χ1) is 24.6. The summed E-state index contributed by atoms with van der Waals surface area (Å²) in [6.07, 6.45) is 4.57. The van der Waals surface area contributed by atoms with Crippen molar-refractivity contribution in [2.24, 2.45) is 17.8 Å². The quantitative estimate of drug-likeness (QED) is 0.0908. The number of amides is 2. The van der Waals surface area contributed by atoms with Gasteiger partial charge in [-0.1, -0.05) is 12.1 Å². The van der Waals surface area contributed by atoms with Gasteiger partial charge >= 0.3 is 6.18 Å². The van der Waals surface area contributed by atoms with Gasteiger partial charge in [-0.05, 0) is 104 Å². The van der Waals surface area contributed by atoms with E-state index in [2.05, 4.69) is 4.85 Å². The first-order valence-corrected chi connectivity index (χ1v) is 17.9. The SMILES string of the molecule is [C-]#[N+]c1ccc(Oc2ccc(/C=C3\SC(=O)N(CCOCCOCCOCCOC45CC6CC(CC(C6)C4)C5)C3=O)cc2OC)c(C(F)(F)F)c1. The number of halogens is 3. The fourth-order valence-electron chi connectivity index (χ4n) is 7.94. The van der Waals surface area contributed by atoms with E-state index in [-0.39, 0.29) is 40.8 Å². The van der Waals surface area contributed by atoms with Crippen LogP contribution in [-0.2, 0) is 29.9 Å². The van der Waals surface area contributed by atoms with Crippen LogP contribution in [0.15, 0.2) is 41.3 Å². The number of ether oxygens (including phenoxy) is 6. The van der Waals surface area contributed by atoms with Crippen molar-refractivity contribution >= 4 is 34.7 Å². The van der Waals surface area contributed by atoms with Crippen molar-refractivity contribution in [1.82, 2.24) is 4.90 Å². The van der Waals surface area contributed by atoms with Gasteiger partial charge in [0.05, 0.1) is 82.5 Å². The van der Waals surface area contributed by atoms with E-state index in [1.807, 2.05) is 0 Å². The summed E-state index contributed by atoms with van der Waals surface area (Å²) in [5, 5.41) is -0.440. The van der Waals surface area contributed by atoms with Crippen LogP contribution in [-0.4, -0.2) is 81.6 Å². The minimum Gasteiger partial charge on any atom is -0.493 e. The van der Waals surface area contributed by atoms with Gasteiger partial charge < -0.3 is 28.4 Å². The highest BCUT2D eigenvalue weighted by Gasteiger charge is 2.51. The summed E-state index contributed by atoms with van der Waals surface area (Å²) in [6, 6.07) is 7.43. The monoisotopic (exact) mass is 730 g/mol. The summed E-state index contributed by atoms with van der Waals surface area (Å²) in [4.78, 5) is 29.9. The van der Waals surface area contributed by atoms with E-state index >= 15 is 0 Å². The number of alkyl halides is 3. The Hall–Kier alpha value is -3.61. The van der Waals surface area contributed by atoms with E-state index < -0.39 is 28.6 Å². The Bertz CT molecular complexity index is 1620. The second-order valence-electron chi connectivity index (χ2n) is 13.4. The standard InChI is InChI=1S/C37H41F3N2O8S/c1-41-28-4-6-30(29(20-28)37(38,39)40)50-31-5-3-24(18-32(31)45-2)19-33-34(43)42(35(44)51-33)7-8-46-9-10-47-11-12-48-13-14-49-36-21-25-15-26(22-36)17-27(16-25)23-36/h3-6,18-20,25-27H,7-17,21-23H2,2H3/b33-19-. The van der Waals surface area contributed by atoms with Crippen LogP contribution in [0.5, 0.6) is 17.2 Å². The predicted octanol–water partition coefficient (Wildman–Crippen LogP) is 8.13. The van der Waals surface area contributed by atoms with Crippen LogP contribution in [0.3, 0.4) is 0 Å². The summed E-state index contributed by atoms with van der Waals surface area (Å²) < 4.78 is 74.9. The molecule has 2 amide bonds. The number of hydrogen-bond acceptors (Lipinski definition) is 9. The van der Waals surface area contributed by atoms with Gasteiger partial charge in [0.2, 0.25) is 0 Å². The maximum atomic E-state index is 13.6. The largest absolute Gasteiger partial charge is 0.493 e. The molecule has 274 valence electrons. The first-order valence-electron chi connectivity index (χ1n) is 17.1. The molecule has 0 radical (unpaired) electrons. The van der Waals surface area contributed by atoms with Crippen LogP contribution in [0.4, 0.5) is 23.7 Å². The Morgan fingerprint density at radius 2 is 1.47 bits per heavy atom. The number of methoxy groups -OCH3 is 1. The number of imide groups is 1. The predicted molar refractivity (Wildman–Crippen MR) is 183 cm³/mol. The van der Waals surface area contributed by atoms with E-state index in [4.69, 9.17) is 35.0 Å². The molecule has 2 aromatic carbocycles. The Morgan fingerprint density at radius 3 is 2.08 bits per heavy atom. The van der Waals surface area contributed by atoms with Crippen molar-refractivity contribution < 1.29 is 51.2 Å². The average Bonchev–Trinajstić information content (AvgIpc) is 3.35. The smallest absolute Gasteiger partial charge is 0.418 e. The van der Waals surface area contributed by atoms with Crippen molar-refractivity contribution in [3.05, 3.63) is 63.8 Å². The molecule has 10 nitrogen and oxygen atoms in total. The van der Waals surface area contributed by atoms with Gasteiger partial charge in [0.15, 0.2) is 17.2 Å². The van der Waals surface area contributed by atoms with Gasteiger partial charge in [-0.2, -0.15) is 13.2 Å². The van der Waals surface area contributed by atoms with E-state index in [1.165, 1.54) is 76.0 Å². The third-order valence-electron chi connectivity index (χ3n) is 9.80. The number of carbonyl (C=O) groups is 2. The highest BCUT2D eigenvalue weighted by atomic mass is 32.2. The van der Waals surface area contributed by atoms with Gasteiger partial charge in [-0.15, -0.1) is 0 Å². The fourth-order valence-corrected chi connectivity index (χ4v) is 8.81. The lowest BCUT2D eigenvalue weighted by Gasteiger charge is -2.56. The van der Waals surface area contributed by atoms with Crippen molar-refractivity contribution in [3.8, 4) is 17.2 Å². The third-order valence-corrected chi connectivity index (χ3v) is 10.7. The number of carbonyl (C=O) groups excluding carboxylic acids is 2. The Balaban J connectivity index is 0.881. The topological polar surface area (TPSA) is 97.1 Å². The van der Waals surface area contributed by atoms with Crippen LogP contribution in [0.1, 0.15) is 49.7 Å². The number of thioether (sulfide) groups is 1. The number of nitrogens with zero attached hydrogens (tertiary/aromatic N) is 2. The lowest BCUT2D eigenvalue weighted by atomic mass is 9.54. The second-order valence-corrected chi connectivity index (χ2v) is 14.4. The summed E-state index contributed by atoms with van der Waals surface area (Å²) in [7, 11) is 1.32. The molecule has 4 aliphatic carbocycles. The van der Waals surface area contributed by atoms with Crippen LogP contribution < -0.4 is 9.47 Å².